The lowest BCUT2D eigenvalue weighted by atomic mass is 9.74. The third-order valence-electron chi connectivity index (χ3n) is 9.12. The monoisotopic (exact) mass is 748 g/mol. The average Bonchev–Trinajstić information content (AvgIpc) is 3.18. The van der Waals surface area contributed by atoms with E-state index in [1.165, 1.54) is 32.4 Å². The molecule has 1 aliphatic heterocycles. The van der Waals surface area contributed by atoms with Crippen LogP contribution in [0.1, 0.15) is 64.5 Å². The van der Waals surface area contributed by atoms with Crippen molar-refractivity contribution in [2.45, 2.75) is 96.8 Å². The maximum atomic E-state index is 13.3. The molecule has 54 heavy (non-hydrogen) atoms. The van der Waals surface area contributed by atoms with Crippen LogP contribution in [0, 0.1) is 5.41 Å². The molecule has 294 valence electrons. The van der Waals surface area contributed by atoms with Crippen molar-refractivity contribution in [2.75, 3.05) is 28.1 Å². The van der Waals surface area contributed by atoms with Crippen molar-refractivity contribution in [2.24, 2.45) is 5.41 Å². The summed E-state index contributed by atoms with van der Waals surface area (Å²) in [7, 11) is 4.31. The van der Waals surface area contributed by atoms with Crippen LogP contribution in [0.15, 0.2) is 103 Å². The Morgan fingerprint density at radius 2 is 1.67 bits per heavy atom. The molecule has 3 rings (SSSR count). The summed E-state index contributed by atoms with van der Waals surface area (Å²) >= 11 is 0. The molecular weight excluding hydrogens is 692 g/mol. The summed E-state index contributed by atoms with van der Waals surface area (Å²) in [6.45, 7) is 8.20. The molecule has 2 aromatic carbocycles. The van der Waals surface area contributed by atoms with Crippen LogP contribution >= 0.6 is 0 Å². The Kier molecular flexibility index (Phi) is 18.5. The van der Waals surface area contributed by atoms with E-state index in [2.05, 4.69) is 6.92 Å². The Morgan fingerprint density at radius 3 is 2.31 bits per heavy atom. The Labute approximate surface area is 319 Å². The van der Waals surface area contributed by atoms with Gasteiger partial charge in [0, 0.05) is 31.1 Å². The number of benzene rings is 2. The molecule has 11 heteroatoms. The predicted molar refractivity (Wildman–Crippen MR) is 204 cm³/mol. The van der Waals surface area contributed by atoms with E-state index in [1.54, 1.807) is 39.2 Å². The van der Waals surface area contributed by atoms with Crippen LogP contribution in [0.3, 0.4) is 0 Å². The second-order valence-corrected chi connectivity index (χ2v) is 13.4. The molecule has 0 saturated carbocycles. The van der Waals surface area contributed by atoms with E-state index < -0.39 is 47.6 Å². The number of hydrogen-bond donors (Lipinski definition) is 0. The van der Waals surface area contributed by atoms with Crippen LogP contribution in [-0.2, 0) is 60.8 Å². The number of carbonyl (C=O) groups excluding carboxylic acids is 3. The zero-order chi connectivity index (χ0) is 39.4. The minimum absolute atomic E-state index is 0.0161. The highest BCUT2D eigenvalue weighted by atomic mass is 16.7. The molecule has 1 heterocycles. The Hall–Kier alpha value is -4.39. The molecule has 0 bridgehead atoms. The summed E-state index contributed by atoms with van der Waals surface area (Å²) in [5.74, 6) is -2.30. The van der Waals surface area contributed by atoms with Gasteiger partial charge in [-0.15, -0.1) is 0 Å². The van der Waals surface area contributed by atoms with E-state index in [0.717, 1.165) is 29.7 Å². The minimum Gasteiger partial charge on any atom is -0.497 e. The Bertz CT molecular complexity index is 1560. The van der Waals surface area contributed by atoms with Gasteiger partial charge in [0.25, 0.3) is 0 Å². The molecule has 0 spiro atoms. The number of ether oxygens (including phenoxy) is 8. The summed E-state index contributed by atoms with van der Waals surface area (Å²) < 4.78 is 48.0. The van der Waals surface area contributed by atoms with Crippen LogP contribution < -0.4 is 4.74 Å². The summed E-state index contributed by atoms with van der Waals surface area (Å²) in [6.07, 6.45) is 10.9. The van der Waals surface area contributed by atoms with Crippen molar-refractivity contribution in [3.8, 4) is 5.75 Å². The summed E-state index contributed by atoms with van der Waals surface area (Å²) in [4.78, 5) is 37.6. The standard InChI is InChI=1S/C43H56O11/c1-8-9-10-11-15-19-39(45)53-41-35(27-40(46)48-6)26-37(54-43(41,49-7)42(3,4)24-16-25-44)28-38(51-30-34-20-22-36(47-5)23-21-34)32(2)52-31-50-29-33-17-13-12-14-18-33/h10-25,27,32,37-38,41H,8-9,26,28-31H2,1-7H3/b11-10+,19-15+,24-16+,35-27+/t32-,37+,38-,41+,43+/m1/s1. The van der Waals surface area contributed by atoms with Crippen molar-refractivity contribution in [3.05, 3.63) is 114 Å². The highest BCUT2D eigenvalue weighted by molar-refractivity contribution is 5.84. The molecule has 1 fully saturated rings. The zero-order valence-electron chi connectivity index (χ0n) is 32.6. The van der Waals surface area contributed by atoms with Gasteiger partial charge in [0.1, 0.15) is 18.8 Å². The number of rotatable bonds is 22. The van der Waals surface area contributed by atoms with Gasteiger partial charge in [0.05, 0.1) is 45.7 Å². The number of hydrogen-bond acceptors (Lipinski definition) is 11. The van der Waals surface area contributed by atoms with Crippen LogP contribution in [0.5, 0.6) is 5.75 Å². The van der Waals surface area contributed by atoms with E-state index in [1.807, 2.05) is 67.6 Å². The molecule has 0 N–H and O–H groups in total. The van der Waals surface area contributed by atoms with Gasteiger partial charge in [0.15, 0.2) is 6.10 Å². The first-order valence-electron chi connectivity index (χ1n) is 18.2. The van der Waals surface area contributed by atoms with Crippen molar-refractivity contribution < 1.29 is 52.3 Å². The highest BCUT2D eigenvalue weighted by Crippen LogP contribution is 2.48. The van der Waals surface area contributed by atoms with E-state index in [9.17, 15) is 14.4 Å². The SMILES string of the molecule is CCC/C=C/C=C/C(=O)O[C@H]1/C(=C/C(=O)OC)C[C@@H](C[C@@H](OCc2ccc(OC)cc2)[C@@H](C)OCOCc2ccccc2)O[C@]1(OC)C(C)(C)/C=C/C=O. The van der Waals surface area contributed by atoms with E-state index >= 15 is 0 Å². The molecule has 0 unspecified atom stereocenters. The number of esters is 2. The molecule has 1 saturated heterocycles. The molecule has 5 atom stereocenters. The van der Waals surface area contributed by atoms with Gasteiger partial charge in [-0.2, -0.15) is 0 Å². The largest absolute Gasteiger partial charge is 0.497 e. The molecule has 0 aliphatic carbocycles. The molecule has 2 aromatic rings. The number of aldehydes is 1. The van der Waals surface area contributed by atoms with Gasteiger partial charge < -0.3 is 37.9 Å². The van der Waals surface area contributed by atoms with Crippen LogP contribution in [0.2, 0.25) is 0 Å². The topological polar surface area (TPSA) is 125 Å². The van der Waals surface area contributed by atoms with E-state index in [0.29, 0.717) is 18.5 Å². The van der Waals surface area contributed by atoms with Gasteiger partial charge in [-0.25, -0.2) is 9.59 Å². The second kappa shape index (κ2) is 22.7. The lowest BCUT2D eigenvalue weighted by Gasteiger charge is -2.53. The maximum Gasteiger partial charge on any atom is 0.331 e. The third kappa shape index (κ3) is 13.2. The second-order valence-electron chi connectivity index (χ2n) is 13.4. The molecule has 0 amide bonds. The number of methoxy groups -OCH3 is 3. The van der Waals surface area contributed by atoms with E-state index in [-0.39, 0.29) is 26.2 Å². The van der Waals surface area contributed by atoms with Crippen molar-refractivity contribution >= 4 is 18.2 Å². The van der Waals surface area contributed by atoms with Gasteiger partial charge in [0.2, 0.25) is 5.79 Å². The van der Waals surface area contributed by atoms with Gasteiger partial charge in [-0.05, 0) is 54.7 Å². The van der Waals surface area contributed by atoms with Gasteiger partial charge in [-0.3, -0.25) is 4.79 Å². The number of allylic oxidation sites excluding steroid dienone is 4. The van der Waals surface area contributed by atoms with Crippen molar-refractivity contribution in [1.82, 2.24) is 0 Å². The lowest BCUT2D eigenvalue weighted by molar-refractivity contribution is -0.338. The zero-order valence-corrected chi connectivity index (χ0v) is 32.6. The normalized spacial score (nSPS) is 21.1. The Balaban J connectivity index is 1.98. The first-order chi connectivity index (χ1) is 26.0. The summed E-state index contributed by atoms with van der Waals surface area (Å²) in [6, 6.07) is 17.4. The molecular formula is C43H56O11. The molecule has 1 aliphatic rings. The number of unbranched alkanes of at least 4 members (excludes halogenated alkanes) is 1. The first-order valence-corrected chi connectivity index (χ1v) is 18.2. The summed E-state index contributed by atoms with van der Waals surface area (Å²) in [5, 5.41) is 0. The average molecular weight is 749 g/mol. The highest BCUT2D eigenvalue weighted by Gasteiger charge is 2.59. The maximum absolute atomic E-state index is 13.3. The third-order valence-corrected chi connectivity index (χ3v) is 9.12. The fourth-order valence-electron chi connectivity index (χ4n) is 6.11. The molecule has 11 nitrogen and oxygen atoms in total. The molecule has 0 aromatic heterocycles. The van der Waals surface area contributed by atoms with Crippen LogP contribution in [0.25, 0.3) is 0 Å². The lowest BCUT2D eigenvalue weighted by Crippen LogP contribution is -2.63. The van der Waals surface area contributed by atoms with Gasteiger partial charge >= 0.3 is 11.9 Å². The first kappa shape index (κ1) is 44.0. The summed E-state index contributed by atoms with van der Waals surface area (Å²) in [5.41, 5.74) is 1.26. The van der Waals surface area contributed by atoms with Crippen molar-refractivity contribution in [1.29, 1.82) is 0 Å². The van der Waals surface area contributed by atoms with Crippen LogP contribution in [-0.4, -0.2) is 76.6 Å². The van der Waals surface area contributed by atoms with E-state index in [4.69, 9.17) is 37.9 Å². The smallest absolute Gasteiger partial charge is 0.331 e. The van der Waals surface area contributed by atoms with Crippen molar-refractivity contribution in [3.63, 3.8) is 0 Å². The fraction of sp³-hybridized carbons (Fsp3) is 0.465. The Morgan fingerprint density at radius 1 is 0.944 bits per heavy atom. The minimum atomic E-state index is -1.71. The van der Waals surface area contributed by atoms with Gasteiger partial charge in [-0.1, -0.05) is 94.0 Å². The number of carbonyl (C=O) groups is 3. The quantitative estimate of drug-likeness (QED) is 0.0299. The fourth-order valence-corrected chi connectivity index (χ4v) is 6.11. The van der Waals surface area contributed by atoms with Crippen LogP contribution in [0.4, 0.5) is 0 Å². The molecule has 0 radical (unpaired) electrons. The predicted octanol–water partition coefficient (Wildman–Crippen LogP) is 7.39.